The van der Waals surface area contributed by atoms with Crippen LogP contribution in [0, 0.1) is 11.8 Å². The zero-order valence-corrected chi connectivity index (χ0v) is 13.7. The fourth-order valence-corrected chi connectivity index (χ4v) is 4.08. The van der Waals surface area contributed by atoms with Gasteiger partial charge in [0.25, 0.3) is 0 Å². The fourth-order valence-electron chi connectivity index (χ4n) is 4.08. The molecule has 4 nitrogen and oxygen atoms in total. The molecule has 4 atom stereocenters. The predicted molar refractivity (Wildman–Crippen MR) is 88.3 cm³/mol. The molecule has 0 saturated heterocycles. The first kappa shape index (κ1) is 15.6. The Kier molecular flexibility index (Phi) is 4.89. The lowest BCUT2D eigenvalue weighted by Gasteiger charge is -2.25. The van der Waals surface area contributed by atoms with Gasteiger partial charge in [-0.3, -0.25) is 0 Å². The molecule has 2 aliphatic rings. The second kappa shape index (κ2) is 6.88. The molecule has 0 aliphatic heterocycles. The molecule has 122 valence electrons. The van der Waals surface area contributed by atoms with Crippen molar-refractivity contribution in [1.82, 2.24) is 5.32 Å². The van der Waals surface area contributed by atoms with Crippen molar-refractivity contribution in [3.05, 3.63) is 23.8 Å². The molecule has 3 N–H and O–H groups in total. The third-order valence-corrected chi connectivity index (χ3v) is 5.23. The minimum atomic E-state index is 0.165. The van der Waals surface area contributed by atoms with Crippen molar-refractivity contribution in [3.8, 4) is 11.5 Å². The molecule has 2 saturated carbocycles. The van der Waals surface area contributed by atoms with Crippen molar-refractivity contribution in [2.45, 2.75) is 44.8 Å². The van der Waals surface area contributed by atoms with E-state index in [0.29, 0.717) is 12.6 Å². The summed E-state index contributed by atoms with van der Waals surface area (Å²) >= 11 is 0. The predicted octanol–water partition coefficient (Wildman–Crippen LogP) is 2.87. The van der Waals surface area contributed by atoms with Gasteiger partial charge in [-0.05, 0) is 61.8 Å². The van der Waals surface area contributed by atoms with Gasteiger partial charge in [-0.1, -0.05) is 13.0 Å². The van der Waals surface area contributed by atoms with Gasteiger partial charge in [0.05, 0.1) is 7.11 Å². The molecule has 2 fully saturated rings. The third-order valence-electron chi connectivity index (χ3n) is 5.23. The van der Waals surface area contributed by atoms with E-state index in [9.17, 15) is 0 Å². The summed E-state index contributed by atoms with van der Waals surface area (Å²) in [6, 6.07) is 6.34. The van der Waals surface area contributed by atoms with Gasteiger partial charge in [0.2, 0.25) is 0 Å². The number of likely N-dealkylation sites (N-methyl/N-ethyl adjacent to an activating group) is 1. The van der Waals surface area contributed by atoms with E-state index >= 15 is 0 Å². The number of fused-ring (bicyclic) bond motifs is 2. The van der Waals surface area contributed by atoms with E-state index < -0.39 is 0 Å². The number of nitrogens with two attached hydrogens (primary N) is 1. The van der Waals surface area contributed by atoms with Crippen LogP contribution < -0.4 is 20.5 Å². The van der Waals surface area contributed by atoms with Crippen LogP contribution in [0.3, 0.4) is 0 Å². The Hall–Kier alpha value is -1.26. The van der Waals surface area contributed by atoms with Gasteiger partial charge in [-0.25, -0.2) is 0 Å². The van der Waals surface area contributed by atoms with Crippen LogP contribution in [0.15, 0.2) is 18.2 Å². The quantitative estimate of drug-likeness (QED) is 0.813. The molecule has 4 unspecified atom stereocenters. The standard InChI is InChI=1S/C18H28N2O2/c1-3-20-15(11-19)13-6-7-16(21-2)18(10-13)22-17-9-12-4-5-14(17)8-12/h6-7,10,12,14-15,17,20H,3-5,8-9,11,19H2,1-2H3. The molecule has 1 aromatic rings. The van der Waals surface area contributed by atoms with Crippen molar-refractivity contribution in [1.29, 1.82) is 0 Å². The Balaban J connectivity index is 1.78. The Morgan fingerprint density at radius 3 is 2.73 bits per heavy atom. The molecule has 0 heterocycles. The summed E-state index contributed by atoms with van der Waals surface area (Å²) in [5, 5.41) is 3.41. The Labute approximate surface area is 133 Å². The summed E-state index contributed by atoms with van der Waals surface area (Å²) in [6.45, 7) is 3.57. The molecule has 0 spiro atoms. The summed E-state index contributed by atoms with van der Waals surface area (Å²) in [5.41, 5.74) is 7.06. The number of benzene rings is 1. The fraction of sp³-hybridized carbons (Fsp3) is 0.667. The van der Waals surface area contributed by atoms with E-state index in [-0.39, 0.29) is 6.04 Å². The van der Waals surface area contributed by atoms with Gasteiger partial charge in [0.1, 0.15) is 6.10 Å². The Morgan fingerprint density at radius 1 is 1.27 bits per heavy atom. The summed E-state index contributed by atoms with van der Waals surface area (Å²) in [5.74, 6) is 3.30. The lowest BCUT2D eigenvalue weighted by Crippen LogP contribution is -2.28. The normalized spacial score (nSPS) is 27.9. The lowest BCUT2D eigenvalue weighted by molar-refractivity contribution is 0.133. The molecule has 0 amide bonds. The van der Waals surface area contributed by atoms with Gasteiger partial charge < -0.3 is 20.5 Å². The van der Waals surface area contributed by atoms with Crippen molar-refractivity contribution < 1.29 is 9.47 Å². The SMILES string of the molecule is CCNC(CN)c1ccc(OC)c(OC2CC3CCC2C3)c1. The number of methoxy groups -OCH3 is 1. The van der Waals surface area contributed by atoms with Gasteiger partial charge in [0, 0.05) is 12.6 Å². The van der Waals surface area contributed by atoms with E-state index in [1.54, 1.807) is 7.11 Å². The van der Waals surface area contributed by atoms with E-state index in [4.69, 9.17) is 15.2 Å². The monoisotopic (exact) mass is 304 g/mol. The van der Waals surface area contributed by atoms with Gasteiger partial charge in [-0.15, -0.1) is 0 Å². The average Bonchev–Trinajstić information content (AvgIpc) is 3.15. The summed E-state index contributed by atoms with van der Waals surface area (Å²) in [4.78, 5) is 0. The van der Waals surface area contributed by atoms with Crippen LogP contribution in [0.5, 0.6) is 11.5 Å². The van der Waals surface area contributed by atoms with E-state index in [1.807, 2.05) is 6.07 Å². The highest BCUT2D eigenvalue weighted by molar-refractivity contribution is 5.44. The first-order valence-electron chi connectivity index (χ1n) is 8.53. The van der Waals surface area contributed by atoms with E-state index in [2.05, 4.69) is 24.4 Å². The minimum Gasteiger partial charge on any atom is -0.493 e. The zero-order valence-electron chi connectivity index (χ0n) is 13.7. The number of rotatable bonds is 7. The lowest BCUT2D eigenvalue weighted by atomic mass is 9.97. The molecule has 2 bridgehead atoms. The number of hydrogen-bond acceptors (Lipinski definition) is 4. The van der Waals surface area contributed by atoms with Gasteiger partial charge >= 0.3 is 0 Å². The first-order chi connectivity index (χ1) is 10.7. The highest BCUT2D eigenvalue weighted by Gasteiger charge is 2.41. The summed E-state index contributed by atoms with van der Waals surface area (Å²) < 4.78 is 11.8. The third kappa shape index (κ3) is 3.08. The largest absolute Gasteiger partial charge is 0.493 e. The van der Waals surface area contributed by atoms with Crippen LogP contribution >= 0.6 is 0 Å². The van der Waals surface area contributed by atoms with Crippen LogP contribution in [0.1, 0.15) is 44.2 Å². The van der Waals surface area contributed by atoms with Gasteiger partial charge in [-0.2, -0.15) is 0 Å². The van der Waals surface area contributed by atoms with Crippen molar-refractivity contribution in [2.75, 3.05) is 20.2 Å². The first-order valence-corrected chi connectivity index (χ1v) is 8.53. The highest BCUT2D eigenvalue weighted by Crippen LogP contribution is 2.47. The van der Waals surface area contributed by atoms with Gasteiger partial charge in [0.15, 0.2) is 11.5 Å². The van der Waals surface area contributed by atoms with Crippen molar-refractivity contribution >= 4 is 0 Å². The highest BCUT2D eigenvalue weighted by atomic mass is 16.5. The summed E-state index contributed by atoms with van der Waals surface area (Å²) in [7, 11) is 1.70. The molecule has 2 aliphatic carbocycles. The molecule has 0 radical (unpaired) electrons. The second-order valence-electron chi connectivity index (χ2n) is 6.59. The number of nitrogens with one attached hydrogen (secondary N) is 1. The smallest absolute Gasteiger partial charge is 0.161 e. The second-order valence-corrected chi connectivity index (χ2v) is 6.59. The molecule has 22 heavy (non-hydrogen) atoms. The van der Waals surface area contributed by atoms with Crippen LogP contribution in [0.25, 0.3) is 0 Å². The zero-order chi connectivity index (χ0) is 15.5. The van der Waals surface area contributed by atoms with Crippen LogP contribution in [0.2, 0.25) is 0 Å². The topological polar surface area (TPSA) is 56.5 Å². The molecular weight excluding hydrogens is 276 g/mol. The Morgan fingerprint density at radius 2 is 2.14 bits per heavy atom. The maximum absolute atomic E-state index is 6.35. The summed E-state index contributed by atoms with van der Waals surface area (Å²) in [6.07, 6.45) is 5.61. The molecule has 1 aromatic carbocycles. The molecule has 0 aromatic heterocycles. The minimum absolute atomic E-state index is 0.165. The van der Waals surface area contributed by atoms with Crippen LogP contribution in [-0.4, -0.2) is 26.3 Å². The van der Waals surface area contributed by atoms with Crippen molar-refractivity contribution in [2.24, 2.45) is 17.6 Å². The van der Waals surface area contributed by atoms with E-state index in [1.165, 1.54) is 31.2 Å². The van der Waals surface area contributed by atoms with Crippen molar-refractivity contribution in [3.63, 3.8) is 0 Å². The van der Waals surface area contributed by atoms with E-state index in [0.717, 1.165) is 29.9 Å². The molecule has 3 rings (SSSR count). The average molecular weight is 304 g/mol. The maximum Gasteiger partial charge on any atom is 0.161 e. The Bertz CT molecular complexity index is 506. The maximum atomic E-state index is 6.35. The number of hydrogen-bond donors (Lipinski definition) is 2. The number of ether oxygens (including phenoxy) is 2. The van der Waals surface area contributed by atoms with Crippen LogP contribution in [-0.2, 0) is 0 Å². The molecule has 4 heteroatoms. The molecular formula is C18H28N2O2. The van der Waals surface area contributed by atoms with Crippen LogP contribution in [0.4, 0.5) is 0 Å².